The van der Waals surface area contributed by atoms with Gasteiger partial charge in [0, 0.05) is 24.0 Å². The highest BCUT2D eigenvalue weighted by Crippen LogP contribution is 2.24. The van der Waals surface area contributed by atoms with Gasteiger partial charge in [-0.2, -0.15) is 5.10 Å². The summed E-state index contributed by atoms with van der Waals surface area (Å²) >= 11 is 1.42. The van der Waals surface area contributed by atoms with Gasteiger partial charge in [0.1, 0.15) is 5.82 Å². The number of amides is 1. The molecule has 0 radical (unpaired) electrons. The van der Waals surface area contributed by atoms with Gasteiger partial charge in [-0.05, 0) is 49.6 Å². The normalized spacial score (nSPS) is 17.6. The minimum atomic E-state index is -0.326. The molecule has 146 valence electrons. The molecule has 6 nitrogen and oxygen atoms in total. The lowest BCUT2D eigenvalue weighted by Crippen LogP contribution is -2.33. The van der Waals surface area contributed by atoms with E-state index in [9.17, 15) is 9.18 Å². The topological polar surface area (TPSA) is 73.9 Å². The monoisotopic (exact) mass is 399 g/mol. The molecule has 1 aliphatic heterocycles. The zero-order valence-electron chi connectivity index (χ0n) is 15.6. The molecule has 1 atom stereocenters. The summed E-state index contributed by atoms with van der Waals surface area (Å²) in [6, 6.07) is 5.93. The minimum absolute atomic E-state index is 0.291. The molecule has 1 unspecified atom stereocenters. The molecule has 0 bridgehead atoms. The molecular weight excluding hydrogens is 377 g/mol. The van der Waals surface area contributed by atoms with Gasteiger partial charge in [-0.3, -0.25) is 20.1 Å². The number of nitrogens with one attached hydrogen (secondary N) is 2. The number of thiazole rings is 1. The number of H-pyrrole nitrogens is 1. The van der Waals surface area contributed by atoms with E-state index in [1.807, 2.05) is 5.38 Å². The van der Waals surface area contributed by atoms with Gasteiger partial charge in [-0.15, -0.1) is 11.3 Å². The maximum atomic E-state index is 13.2. The molecule has 8 heteroatoms. The van der Waals surface area contributed by atoms with Crippen molar-refractivity contribution in [2.24, 2.45) is 5.92 Å². The van der Waals surface area contributed by atoms with Crippen LogP contribution in [0.1, 0.15) is 35.8 Å². The fourth-order valence-electron chi connectivity index (χ4n) is 3.56. The van der Waals surface area contributed by atoms with Crippen molar-refractivity contribution in [3.63, 3.8) is 0 Å². The third-order valence-corrected chi connectivity index (χ3v) is 5.72. The number of aromatic amines is 1. The highest BCUT2D eigenvalue weighted by atomic mass is 32.1. The average molecular weight is 399 g/mol. The number of hydrogen-bond acceptors (Lipinski definition) is 5. The largest absolute Gasteiger partial charge is 0.298 e. The first kappa shape index (κ1) is 18.8. The summed E-state index contributed by atoms with van der Waals surface area (Å²) in [6.45, 7) is 5.28. The number of benzene rings is 1. The number of nitrogens with zero attached hydrogens (tertiary/aromatic N) is 3. The lowest BCUT2D eigenvalue weighted by Gasteiger charge is -2.30. The van der Waals surface area contributed by atoms with Crippen LogP contribution in [-0.4, -0.2) is 39.1 Å². The third kappa shape index (κ3) is 4.28. The molecule has 3 aromatic rings. The van der Waals surface area contributed by atoms with E-state index in [0.29, 0.717) is 22.0 Å². The van der Waals surface area contributed by atoms with Crippen LogP contribution in [0, 0.1) is 11.7 Å². The number of likely N-dealkylation sites (tertiary alicyclic amines) is 1. The fourth-order valence-corrected chi connectivity index (χ4v) is 4.25. The lowest BCUT2D eigenvalue weighted by atomic mass is 10.0. The smallest absolute Gasteiger partial charge is 0.261 e. The fraction of sp³-hybridized carbons (Fsp3) is 0.350. The molecule has 0 spiro atoms. The van der Waals surface area contributed by atoms with Gasteiger partial charge < -0.3 is 0 Å². The van der Waals surface area contributed by atoms with E-state index in [0.717, 1.165) is 31.2 Å². The van der Waals surface area contributed by atoms with Crippen molar-refractivity contribution in [3.8, 4) is 11.3 Å². The van der Waals surface area contributed by atoms with Crippen LogP contribution in [0.2, 0.25) is 0 Å². The predicted molar refractivity (Wildman–Crippen MR) is 108 cm³/mol. The third-order valence-electron chi connectivity index (χ3n) is 4.92. The Morgan fingerprint density at radius 3 is 3.00 bits per heavy atom. The van der Waals surface area contributed by atoms with E-state index < -0.39 is 0 Å². The van der Waals surface area contributed by atoms with Crippen molar-refractivity contribution in [2.45, 2.75) is 26.3 Å². The van der Waals surface area contributed by atoms with Crippen LogP contribution in [-0.2, 0) is 6.54 Å². The number of carbonyl (C=O) groups excluding carboxylic acids is 1. The summed E-state index contributed by atoms with van der Waals surface area (Å²) in [4.78, 5) is 19.7. The lowest BCUT2D eigenvalue weighted by molar-refractivity contribution is 0.102. The van der Waals surface area contributed by atoms with E-state index in [1.165, 1.54) is 42.5 Å². The van der Waals surface area contributed by atoms with Crippen molar-refractivity contribution in [3.05, 3.63) is 52.9 Å². The number of aromatic nitrogens is 3. The molecule has 1 fully saturated rings. The predicted octanol–water partition coefficient (Wildman–Crippen LogP) is 4.16. The number of hydrogen-bond donors (Lipinski definition) is 2. The van der Waals surface area contributed by atoms with Gasteiger partial charge in [0.05, 0.1) is 23.1 Å². The summed E-state index contributed by atoms with van der Waals surface area (Å²) in [5, 5.41) is 12.2. The number of carbonyl (C=O) groups is 1. The second kappa shape index (κ2) is 8.20. The molecule has 1 amide bonds. The zero-order chi connectivity index (χ0) is 19.5. The van der Waals surface area contributed by atoms with Crippen molar-refractivity contribution in [1.29, 1.82) is 0 Å². The number of piperidine rings is 1. The number of halogens is 1. The Bertz CT molecular complexity index is 952. The molecule has 2 N–H and O–H groups in total. The van der Waals surface area contributed by atoms with Gasteiger partial charge in [0.25, 0.3) is 5.91 Å². The van der Waals surface area contributed by atoms with Crippen LogP contribution in [0.3, 0.4) is 0 Å². The Labute approximate surface area is 166 Å². The first-order valence-corrected chi connectivity index (χ1v) is 10.2. The summed E-state index contributed by atoms with van der Waals surface area (Å²) in [5.41, 5.74) is 2.62. The average Bonchev–Trinajstić information content (AvgIpc) is 3.32. The maximum Gasteiger partial charge on any atom is 0.261 e. The standard InChI is InChI=1S/C20H22FN5OS/c1-13-3-2-8-26(10-13)11-16-12-28-20(23-16)24-19(27)17-9-22-25-18(17)14-4-6-15(21)7-5-14/h4-7,9,12-13H,2-3,8,10-11H2,1H3,(H,22,25)(H,23,24,27). The molecule has 0 aliphatic carbocycles. The molecule has 2 aromatic heterocycles. The van der Waals surface area contributed by atoms with Crippen LogP contribution >= 0.6 is 11.3 Å². The van der Waals surface area contributed by atoms with Crippen LogP contribution in [0.5, 0.6) is 0 Å². The van der Waals surface area contributed by atoms with Gasteiger partial charge in [0.2, 0.25) is 0 Å². The van der Waals surface area contributed by atoms with Crippen LogP contribution in [0.4, 0.5) is 9.52 Å². The summed E-state index contributed by atoms with van der Waals surface area (Å²) in [6.07, 6.45) is 3.98. The Hall–Kier alpha value is -2.58. The van der Waals surface area contributed by atoms with Crippen molar-refractivity contribution in [2.75, 3.05) is 18.4 Å². The number of rotatable bonds is 5. The van der Waals surface area contributed by atoms with Crippen LogP contribution in [0.25, 0.3) is 11.3 Å². The molecule has 3 heterocycles. The Balaban J connectivity index is 1.43. The Morgan fingerprint density at radius 1 is 1.39 bits per heavy atom. The number of anilines is 1. The summed E-state index contributed by atoms with van der Waals surface area (Å²) in [5.74, 6) is 0.103. The SMILES string of the molecule is CC1CCCN(Cc2csc(NC(=O)c3cn[nH]c3-c3ccc(F)cc3)n2)C1. The first-order chi connectivity index (χ1) is 13.6. The van der Waals surface area contributed by atoms with E-state index in [-0.39, 0.29) is 11.7 Å². The maximum absolute atomic E-state index is 13.2. The second-order valence-electron chi connectivity index (χ2n) is 7.25. The van der Waals surface area contributed by atoms with Crippen molar-refractivity contribution < 1.29 is 9.18 Å². The van der Waals surface area contributed by atoms with Crippen molar-refractivity contribution in [1.82, 2.24) is 20.1 Å². The Kier molecular flexibility index (Phi) is 5.50. The molecule has 0 saturated carbocycles. The van der Waals surface area contributed by atoms with E-state index in [1.54, 1.807) is 12.1 Å². The van der Waals surface area contributed by atoms with Gasteiger partial charge in [-0.1, -0.05) is 6.92 Å². The highest BCUT2D eigenvalue weighted by molar-refractivity contribution is 7.14. The van der Waals surface area contributed by atoms with Gasteiger partial charge >= 0.3 is 0 Å². The first-order valence-electron chi connectivity index (χ1n) is 9.36. The molecule has 1 aromatic carbocycles. The minimum Gasteiger partial charge on any atom is -0.298 e. The summed E-state index contributed by atoms with van der Waals surface area (Å²) in [7, 11) is 0. The van der Waals surface area contributed by atoms with Crippen LogP contribution in [0.15, 0.2) is 35.8 Å². The Morgan fingerprint density at radius 2 is 2.21 bits per heavy atom. The highest BCUT2D eigenvalue weighted by Gasteiger charge is 2.19. The summed E-state index contributed by atoms with van der Waals surface area (Å²) < 4.78 is 13.2. The van der Waals surface area contributed by atoms with E-state index in [2.05, 4.69) is 32.3 Å². The molecule has 1 aliphatic rings. The van der Waals surface area contributed by atoms with Crippen molar-refractivity contribution >= 4 is 22.4 Å². The van der Waals surface area contributed by atoms with Gasteiger partial charge in [0.15, 0.2) is 5.13 Å². The quantitative estimate of drug-likeness (QED) is 0.676. The second-order valence-corrected chi connectivity index (χ2v) is 8.10. The van der Waals surface area contributed by atoms with Gasteiger partial charge in [-0.25, -0.2) is 9.37 Å². The molecule has 4 rings (SSSR count). The molecule has 1 saturated heterocycles. The van der Waals surface area contributed by atoms with Crippen LogP contribution < -0.4 is 5.32 Å². The zero-order valence-corrected chi connectivity index (χ0v) is 16.4. The van der Waals surface area contributed by atoms with E-state index in [4.69, 9.17) is 0 Å². The molecule has 28 heavy (non-hydrogen) atoms. The molecular formula is C20H22FN5OS. The van der Waals surface area contributed by atoms with E-state index >= 15 is 0 Å².